The molecule has 0 saturated carbocycles. The lowest BCUT2D eigenvalue weighted by Crippen LogP contribution is -1.94. The summed E-state index contributed by atoms with van der Waals surface area (Å²) in [6, 6.07) is 0. The van der Waals surface area contributed by atoms with Crippen molar-refractivity contribution in [2.45, 2.75) is 20.4 Å². The molecule has 0 radical (unpaired) electrons. The summed E-state index contributed by atoms with van der Waals surface area (Å²) in [6.45, 7) is 4.92. The van der Waals surface area contributed by atoms with Gasteiger partial charge in [-0.05, 0) is 13.8 Å². The van der Waals surface area contributed by atoms with Gasteiger partial charge in [0, 0.05) is 6.20 Å². The number of allylic oxidation sites excluding steroid dienone is 2. The predicted octanol–water partition coefficient (Wildman–Crippen LogP) is 1.83. The number of nitrogens with zero attached hydrogens (tertiary/aromatic N) is 2. The van der Waals surface area contributed by atoms with Gasteiger partial charge in [-0.3, -0.25) is 4.68 Å². The van der Waals surface area contributed by atoms with Gasteiger partial charge < -0.3 is 0 Å². The maximum absolute atomic E-state index is 5.20. The lowest BCUT2D eigenvalue weighted by atomic mass is 10.3. The maximum atomic E-state index is 5.20. The summed E-state index contributed by atoms with van der Waals surface area (Å²) in [6.07, 6.45) is 10.9. The topological polar surface area (TPSA) is 17.8 Å². The molecule has 12 heavy (non-hydrogen) atoms. The molecule has 0 aromatic carbocycles. The molecule has 0 fully saturated rings. The first-order valence-electron chi connectivity index (χ1n) is 3.85. The smallest absolute Gasteiger partial charge is 0.0646 e. The van der Waals surface area contributed by atoms with Crippen LogP contribution in [0, 0.1) is 12.3 Å². The third kappa shape index (κ3) is 2.28. The summed E-state index contributed by atoms with van der Waals surface area (Å²) >= 11 is 0. The minimum Gasteiger partial charge on any atom is -0.268 e. The van der Waals surface area contributed by atoms with Gasteiger partial charge >= 0.3 is 0 Å². The van der Waals surface area contributed by atoms with Crippen molar-refractivity contribution in [1.82, 2.24) is 9.78 Å². The minimum absolute atomic E-state index is 0.796. The van der Waals surface area contributed by atoms with E-state index in [1.165, 1.54) is 5.57 Å². The minimum atomic E-state index is 0.796. The van der Waals surface area contributed by atoms with E-state index in [9.17, 15) is 0 Å². The summed E-state index contributed by atoms with van der Waals surface area (Å²) in [4.78, 5) is 0. The molecule has 62 valence electrons. The summed E-state index contributed by atoms with van der Waals surface area (Å²) in [7, 11) is 0. The maximum Gasteiger partial charge on any atom is 0.0646 e. The van der Waals surface area contributed by atoms with Gasteiger partial charge in [-0.2, -0.15) is 5.10 Å². The highest BCUT2D eigenvalue weighted by Crippen LogP contribution is 1.96. The van der Waals surface area contributed by atoms with Crippen molar-refractivity contribution in [3.63, 3.8) is 0 Å². The Morgan fingerprint density at radius 1 is 1.75 bits per heavy atom. The molecular formula is C10H12N2. The second-order valence-corrected chi connectivity index (χ2v) is 2.88. The molecule has 0 amide bonds. The van der Waals surface area contributed by atoms with Crippen molar-refractivity contribution in [3.05, 3.63) is 29.6 Å². The third-order valence-electron chi connectivity index (χ3n) is 1.49. The Balaban J connectivity index is 2.66. The fourth-order valence-corrected chi connectivity index (χ4v) is 0.814. The van der Waals surface area contributed by atoms with Crippen molar-refractivity contribution < 1.29 is 0 Å². The number of rotatable bonds is 2. The first kappa shape index (κ1) is 8.61. The lowest BCUT2D eigenvalue weighted by molar-refractivity contribution is 0.698. The molecule has 0 saturated heterocycles. The molecule has 1 rings (SSSR count). The van der Waals surface area contributed by atoms with Gasteiger partial charge in [-0.25, -0.2) is 0 Å². The van der Waals surface area contributed by atoms with Crippen molar-refractivity contribution in [3.8, 4) is 12.3 Å². The van der Waals surface area contributed by atoms with Gasteiger partial charge in [0.1, 0.15) is 0 Å². The van der Waals surface area contributed by atoms with Crippen LogP contribution >= 0.6 is 0 Å². The molecule has 2 nitrogen and oxygen atoms in total. The van der Waals surface area contributed by atoms with E-state index in [2.05, 4.69) is 30.9 Å². The van der Waals surface area contributed by atoms with E-state index in [4.69, 9.17) is 6.42 Å². The van der Waals surface area contributed by atoms with Crippen LogP contribution in [0.15, 0.2) is 24.0 Å². The van der Waals surface area contributed by atoms with E-state index in [1.807, 2.05) is 10.9 Å². The summed E-state index contributed by atoms with van der Waals surface area (Å²) in [5.74, 6) is 2.53. The molecule has 0 N–H and O–H groups in total. The van der Waals surface area contributed by atoms with Crippen LogP contribution in [-0.2, 0) is 6.54 Å². The Hall–Kier alpha value is -1.49. The lowest BCUT2D eigenvalue weighted by Gasteiger charge is -1.94. The first-order chi connectivity index (χ1) is 5.72. The Kier molecular flexibility index (Phi) is 2.71. The van der Waals surface area contributed by atoms with Gasteiger partial charge in [-0.1, -0.05) is 17.6 Å². The standard InChI is InChI=1S/C10H12N2/c1-4-10-7-11-12(8-10)6-5-9(2)3/h1,5,7-8H,6H2,2-3H3. The van der Waals surface area contributed by atoms with Crippen molar-refractivity contribution in [2.75, 3.05) is 0 Å². The van der Waals surface area contributed by atoms with E-state index >= 15 is 0 Å². The van der Waals surface area contributed by atoms with Crippen LogP contribution in [0.5, 0.6) is 0 Å². The molecule has 1 aromatic heterocycles. The molecule has 2 heteroatoms. The van der Waals surface area contributed by atoms with Crippen molar-refractivity contribution in [1.29, 1.82) is 0 Å². The number of hydrogen-bond donors (Lipinski definition) is 0. The number of terminal acetylenes is 1. The number of aromatic nitrogens is 2. The normalized spacial score (nSPS) is 9.08. The molecule has 0 aliphatic rings. The van der Waals surface area contributed by atoms with Gasteiger partial charge in [-0.15, -0.1) is 6.42 Å². The fraction of sp³-hybridized carbons (Fsp3) is 0.300. The van der Waals surface area contributed by atoms with Crippen molar-refractivity contribution in [2.24, 2.45) is 0 Å². The predicted molar refractivity (Wildman–Crippen MR) is 49.6 cm³/mol. The molecular weight excluding hydrogens is 148 g/mol. The van der Waals surface area contributed by atoms with E-state index in [-0.39, 0.29) is 0 Å². The summed E-state index contributed by atoms with van der Waals surface area (Å²) in [5, 5.41) is 4.09. The van der Waals surface area contributed by atoms with E-state index < -0.39 is 0 Å². The van der Waals surface area contributed by atoms with E-state index in [0.717, 1.165) is 12.1 Å². The Morgan fingerprint density at radius 2 is 2.50 bits per heavy atom. The first-order valence-corrected chi connectivity index (χ1v) is 3.85. The van der Waals surface area contributed by atoms with Gasteiger partial charge in [0.25, 0.3) is 0 Å². The zero-order chi connectivity index (χ0) is 8.97. The van der Waals surface area contributed by atoms with Crippen LogP contribution in [-0.4, -0.2) is 9.78 Å². The molecule has 1 heterocycles. The largest absolute Gasteiger partial charge is 0.268 e. The zero-order valence-electron chi connectivity index (χ0n) is 7.41. The molecule has 0 spiro atoms. The average molecular weight is 160 g/mol. The molecule has 0 unspecified atom stereocenters. The third-order valence-corrected chi connectivity index (χ3v) is 1.49. The molecule has 0 bridgehead atoms. The van der Waals surface area contributed by atoms with Gasteiger partial charge in [0.05, 0.1) is 18.3 Å². The van der Waals surface area contributed by atoms with Crippen molar-refractivity contribution >= 4 is 0 Å². The van der Waals surface area contributed by atoms with E-state index in [1.54, 1.807) is 6.20 Å². The van der Waals surface area contributed by atoms with Crippen LogP contribution in [0.4, 0.5) is 0 Å². The number of hydrogen-bond acceptors (Lipinski definition) is 1. The second kappa shape index (κ2) is 3.77. The summed E-state index contributed by atoms with van der Waals surface area (Å²) in [5.41, 5.74) is 2.12. The zero-order valence-corrected chi connectivity index (χ0v) is 7.41. The molecule has 0 aliphatic heterocycles. The summed E-state index contributed by atoms with van der Waals surface area (Å²) < 4.78 is 1.82. The Morgan fingerprint density at radius 3 is 3.00 bits per heavy atom. The fourth-order valence-electron chi connectivity index (χ4n) is 0.814. The molecule has 0 atom stereocenters. The van der Waals surface area contributed by atoms with Crippen LogP contribution in [0.3, 0.4) is 0 Å². The van der Waals surface area contributed by atoms with Crippen LogP contribution in [0.25, 0.3) is 0 Å². The average Bonchev–Trinajstić information content (AvgIpc) is 2.48. The van der Waals surface area contributed by atoms with Gasteiger partial charge in [0.15, 0.2) is 0 Å². The highest BCUT2D eigenvalue weighted by Gasteiger charge is 1.91. The van der Waals surface area contributed by atoms with Gasteiger partial charge in [0.2, 0.25) is 0 Å². The second-order valence-electron chi connectivity index (χ2n) is 2.88. The monoisotopic (exact) mass is 160 g/mol. The highest BCUT2D eigenvalue weighted by atomic mass is 15.3. The van der Waals surface area contributed by atoms with Crippen LogP contribution < -0.4 is 0 Å². The highest BCUT2D eigenvalue weighted by molar-refractivity contribution is 5.26. The molecule has 0 aliphatic carbocycles. The van der Waals surface area contributed by atoms with Crippen LogP contribution in [0.1, 0.15) is 19.4 Å². The quantitative estimate of drug-likeness (QED) is 0.476. The Labute approximate surface area is 72.9 Å². The Bertz CT molecular complexity index is 322. The van der Waals surface area contributed by atoms with Crippen LogP contribution in [0.2, 0.25) is 0 Å². The van der Waals surface area contributed by atoms with E-state index in [0.29, 0.717) is 0 Å². The SMILES string of the molecule is C#Cc1cnn(CC=C(C)C)c1. The molecule has 1 aromatic rings.